The van der Waals surface area contributed by atoms with Crippen LogP contribution in [0.15, 0.2) is 12.2 Å². The van der Waals surface area contributed by atoms with Crippen LogP contribution in [0, 0.1) is 11.8 Å². The largest absolute Gasteiger partial charge is 0.469 e. The van der Waals surface area contributed by atoms with Crippen LogP contribution in [0.1, 0.15) is 80.1 Å². The maximum Gasteiger partial charge on any atom is 0.373 e. The molecule has 0 aromatic carbocycles. The maximum absolute atomic E-state index is 11.4. The van der Waals surface area contributed by atoms with E-state index in [-0.39, 0.29) is 54.2 Å². The normalized spacial score (nSPS) is 13.9. The number of esters is 2. The van der Waals surface area contributed by atoms with E-state index in [1.54, 1.807) is 11.8 Å². The van der Waals surface area contributed by atoms with Crippen LogP contribution in [0.3, 0.4) is 0 Å². The molecule has 1 saturated heterocycles. The van der Waals surface area contributed by atoms with Gasteiger partial charge in [0.05, 0.1) is 32.7 Å². The van der Waals surface area contributed by atoms with E-state index in [2.05, 4.69) is 21.4 Å². The minimum absolute atomic E-state index is 0.0538. The first-order valence-electron chi connectivity index (χ1n) is 15.6. The monoisotopic (exact) mass is 748 g/mol. The molecule has 3 unspecified atom stereocenters. The van der Waals surface area contributed by atoms with Crippen molar-refractivity contribution < 1.29 is 67.0 Å². The van der Waals surface area contributed by atoms with Gasteiger partial charge in [-0.3, -0.25) is 28.8 Å². The van der Waals surface area contributed by atoms with E-state index in [1.807, 2.05) is 34.6 Å². The standard InChI is InChI=1S/C10H20N2O3.C9H16N2O2.C6H10O2.C4H10N2O.3CO2/c1-4-8(10(11)14)12-6-7(2)5-9(13)15-3;1-3-7(9(10)13)11-5-6(2)4-8(11)12;1-5(2)4-6(7)8-3;1-2-3(5)4(6)7;3*2-1-3/h7-8,12H,4-6H2,1-3H3,(H2,11,14);6-7H,3-5H2,1-2H3,(H2,10,13);1,4H2,2-3H3;3H,2,5H2,1H3,(H2,6,7);;;/t7?,8-;;;3-;;;/m0..0.../s1. The van der Waals surface area contributed by atoms with Gasteiger partial charge >= 0.3 is 30.4 Å². The molecule has 0 bridgehead atoms. The van der Waals surface area contributed by atoms with Crippen LogP contribution >= 0.6 is 0 Å². The minimum atomic E-state index is -0.458. The quantitative estimate of drug-likeness (QED) is 0.102. The van der Waals surface area contributed by atoms with Gasteiger partial charge in [-0.1, -0.05) is 46.8 Å². The third-order valence-electron chi connectivity index (χ3n) is 6.13. The van der Waals surface area contributed by atoms with Gasteiger partial charge in [0.25, 0.3) is 0 Å². The van der Waals surface area contributed by atoms with Gasteiger partial charge in [0.1, 0.15) is 6.04 Å². The Balaban J connectivity index is -0.000000130. The Kier molecular flexibility index (Phi) is 45.3. The van der Waals surface area contributed by atoms with Gasteiger partial charge in [-0.15, -0.1) is 0 Å². The van der Waals surface area contributed by atoms with E-state index in [9.17, 15) is 28.8 Å². The third-order valence-corrected chi connectivity index (χ3v) is 6.13. The van der Waals surface area contributed by atoms with Crippen molar-refractivity contribution in [2.45, 2.75) is 98.2 Å². The molecule has 4 amide bonds. The van der Waals surface area contributed by atoms with Crippen LogP contribution in [0.5, 0.6) is 0 Å². The lowest BCUT2D eigenvalue weighted by molar-refractivity contribution is -0.193. The molecule has 0 radical (unpaired) electrons. The lowest BCUT2D eigenvalue weighted by atomic mass is 10.1. The molecule has 1 heterocycles. The Bertz CT molecular complexity index is 1130. The van der Waals surface area contributed by atoms with Crippen LogP contribution in [0.25, 0.3) is 0 Å². The molecule has 1 aliphatic rings. The van der Waals surface area contributed by atoms with Gasteiger partial charge in [0.15, 0.2) is 0 Å². The summed E-state index contributed by atoms with van der Waals surface area (Å²) < 4.78 is 8.90. The van der Waals surface area contributed by atoms with Gasteiger partial charge in [-0.25, -0.2) is 0 Å². The summed E-state index contributed by atoms with van der Waals surface area (Å²) in [5, 5.41) is 3.02. The van der Waals surface area contributed by atoms with Crippen molar-refractivity contribution in [1.29, 1.82) is 0 Å². The predicted octanol–water partition coefficient (Wildman–Crippen LogP) is -1.26. The predicted molar refractivity (Wildman–Crippen MR) is 180 cm³/mol. The summed E-state index contributed by atoms with van der Waals surface area (Å²) in [5.74, 6) is -1.12. The summed E-state index contributed by atoms with van der Waals surface area (Å²) in [7, 11) is 2.73. The fourth-order valence-corrected chi connectivity index (χ4v) is 3.54. The molecule has 20 heteroatoms. The zero-order valence-electron chi connectivity index (χ0n) is 31.2. The Morgan fingerprint density at radius 1 is 0.846 bits per heavy atom. The number of likely N-dealkylation sites (tertiary alicyclic amines) is 1. The van der Waals surface area contributed by atoms with Gasteiger partial charge in [-0.05, 0) is 44.6 Å². The highest BCUT2D eigenvalue weighted by Crippen LogP contribution is 2.20. The van der Waals surface area contributed by atoms with Crippen LogP contribution in [-0.2, 0) is 67.0 Å². The number of carbonyl (C=O) groups is 6. The fraction of sp³-hybridized carbons (Fsp3) is 0.656. The SMILES string of the molecule is C=C(C)CC(=O)OC.CCC(C(N)=O)N1CC(C)CC1=O.CC[C@H](N)C(N)=O.CC[C@H](NCC(C)CC(=O)OC)C(N)=O.O=C=O.O=C=O.O=C=O. The number of amides is 4. The molecule has 1 aliphatic heterocycles. The number of hydrogen-bond acceptors (Lipinski definition) is 16. The molecule has 52 heavy (non-hydrogen) atoms. The fourth-order valence-electron chi connectivity index (χ4n) is 3.54. The Hall–Kier alpha value is -5.38. The third kappa shape index (κ3) is 40.8. The zero-order valence-corrected chi connectivity index (χ0v) is 31.2. The van der Waals surface area contributed by atoms with E-state index in [4.69, 9.17) is 51.7 Å². The summed E-state index contributed by atoms with van der Waals surface area (Å²) in [6, 6.07) is -1.18. The highest BCUT2D eigenvalue weighted by molar-refractivity contribution is 5.87. The van der Waals surface area contributed by atoms with E-state index in [0.29, 0.717) is 57.5 Å². The van der Waals surface area contributed by atoms with E-state index in [0.717, 1.165) is 5.57 Å². The summed E-state index contributed by atoms with van der Waals surface area (Å²) in [5.41, 5.74) is 21.1. The molecule has 1 rings (SSSR count). The Morgan fingerprint density at radius 2 is 1.29 bits per heavy atom. The number of nitrogens with two attached hydrogens (primary N) is 4. The molecule has 20 nitrogen and oxygen atoms in total. The number of carbonyl (C=O) groups excluding carboxylic acids is 12. The topological polar surface area (TPSA) is 343 Å². The Labute approximate surface area is 303 Å². The number of ether oxygens (including phenoxy) is 2. The highest BCUT2D eigenvalue weighted by Gasteiger charge is 2.33. The maximum atomic E-state index is 11.4. The van der Waals surface area contributed by atoms with Gasteiger partial charge in [-0.2, -0.15) is 28.8 Å². The molecule has 0 aromatic rings. The lowest BCUT2D eigenvalue weighted by Crippen LogP contribution is -2.45. The van der Waals surface area contributed by atoms with Crippen molar-refractivity contribution in [3.63, 3.8) is 0 Å². The molecule has 0 saturated carbocycles. The number of primary amides is 3. The summed E-state index contributed by atoms with van der Waals surface area (Å²) in [6.07, 6.45) is 3.85. The van der Waals surface area contributed by atoms with Crippen molar-refractivity contribution in [1.82, 2.24) is 10.2 Å². The molecule has 1 fully saturated rings. The molecular weight excluding hydrogens is 692 g/mol. The minimum Gasteiger partial charge on any atom is -0.469 e. The van der Waals surface area contributed by atoms with Crippen LogP contribution < -0.4 is 28.3 Å². The molecule has 5 atom stereocenters. The van der Waals surface area contributed by atoms with Crippen molar-refractivity contribution >= 4 is 54.0 Å². The average molecular weight is 749 g/mol. The van der Waals surface area contributed by atoms with Crippen LogP contribution in [-0.4, -0.2) is 104 Å². The number of rotatable bonds is 14. The highest BCUT2D eigenvalue weighted by atomic mass is 16.5. The first kappa shape index (κ1) is 58.8. The van der Waals surface area contributed by atoms with Crippen molar-refractivity contribution in [2.75, 3.05) is 27.3 Å². The lowest BCUT2D eigenvalue weighted by Gasteiger charge is -2.23. The number of methoxy groups -OCH3 is 2. The average Bonchev–Trinajstić information content (AvgIpc) is 3.39. The first-order valence-corrected chi connectivity index (χ1v) is 15.6. The van der Waals surface area contributed by atoms with Crippen molar-refractivity contribution in [3.05, 3.63) is 12.2 Å². The van der Waals surface area contributed by atoms with E-state index in [1.165, 1.54) is 14.2 Å². The van der Waals surface area contributed by atoms with Gasteiger partial charge in [0.2, 0.25) is 23.6 Å². The smallest absolute Gasteiger partial charge is 0.373 e. The second kappa shape index (κ2) is 40.1. The van der Waals surface area contributed by atoms with E-state index >= 15 is 0 Å². The summed E-state index contributed by atoms with van der Waals surface area (Å²) in [6.45, 7) is 16.1. The molecule has 298 valence electrons. The van der Waals surface area contributed by atoms with Crippen molar-refractivity contribution in [3.8, 4) is 0 Å². The second-order valence-electron chi connectivity index (χ2n) is 10.7. The second-order valence-corrected chi connectivity index (χ2v) is 10.7. The number of nitrogens with one attached hydrogen (secondary N) is 1. The molecule has 9 N–H and O–H groups in total. The first-order chi connectivity index (χ1) is 24.2. The molecular formula is C32H56N6O14. The molecule has 0 spiro atoms. The molecule has 0 aromatic heterocycles. The zero-order chi connectivity index (χ0) is 42.4. The molecule has 0 aliphatic carbocycles. The number of hydrogen-bond donors (Lipinski definition) is 5. The van der Waals surface area contributed by atoms with Crippen molar-refractivity contribution in [2.24, 2.45) is 34.8 Å². The van der Waals surface area contributed by atoms with Gasteiger partial charge < -0.3 is 42.6 Å². The van der Waals surface area contributed by atoms with Gasteiger partial charge in [0, 0.05) is 19.4 Å². The van der Waals surface area contributed by atoms with Crippen LogP contribution in [0.4, 0.5) is 0 Å². The number of nitrogens with zero attached hydrogens (tertiary/aromatic N) is 1. The van der Waals surface area contributed by atoms with E-state index < -0.39 is 23.9 Å². The summed E-state index contributed by atoms with van der Waals surface area (Å²) >= 11 is 0. The van der Waals surface area contributed by atoms with Crippen LogP contribution in [0.2, 0.25) is 0 Å². The Morgan fingerprint density at radius 3 is 1.50 bits per heavy atom. The summed E-state index contributed by atoms with van der Waals surface area (Å²) in [4.78, 5) is 115.